The molecule has 0 fully saturated rings. The lowest BCUT2D eigenvalue weighted by Crippen LogP contribution is -2.22. The number of nitrogens with one attached hydrogen (secondary N) is 1. The van der Waals surface area contributed by atoms with Gasteiger partial charge in [0, 0.05) is 14.1 Å². The summed E-state index contributed by atoms with van der Waals surface area (Å²) in [5, 5.41) is 11.2. The van der Waals surface area contributed by atoms with Gasteiger partial charge in [-0.1, -0.05) is 6.07 Å². The van der Waals surface area contributed by atoms with Crippen molar-refractivity contribution in [2.24, 2.45) is 0 Å². The molecule has 146 valence electrons. The maximum Gasteiger partial charge on any atom is 0.293 e. The van der Waals surface area contributed by atoms with E-state index in [0.29, 0.717) is 0 Å². The third kappa shape index (κ3) is 4.35. The molecule has 0 aromatic heterocycles. The number of hydrogen-bond donors (Lipinski definition) is 1. The molecule has 0 amide bonds. The van der Waals surface area contributed by atoms with Crippen LogP contribution in [0.2, 0.25) is 0 Å². The van der Waals surface area contributed by atoms with Crippen molar-refractivity contribution in [3.05, 3.63) is 52.6 Å². The molecule has 0 saturated carbocycles. The van der Waals surface area contributed by atoms with Gasteiger partial charge in [-0.2, -0.15) is 0 Å². The summed E-state index contributed by atoms with van der Waals surface area (Å²) in [7, 11) is -4.15. The van der Waals surface area contributed by atoms with E-state index in [1.54, 1.807) is 0 Å². The average molecular weight is 415 g/mol. The van der Waals surface area contributed by atoms with E-state index in [1.165, 1.54) is 45.5 Å². The Hall–Kier alpha value is -2.70. The first-order valence-corrected chi connectivity index (χ1v) is 10.3. The Morgan fingerprint density at radius 1 is 1.07 bits per heavy atom. The summed E-state index contributed by atoms with van der Waals surface area (Å²) >= 11 is 0. The summed E-state index contributed by atoms with van der Waals surface area (Å²) in [5.74, 6) is 0.125. The van der Waals surface area contributed by atoms with Gasteiger partial charge in [-0.15, -0.1) is 0 Å². The molecule has 10 nitrogen and oxygen atoms in total. The first-order chi connectivity index (χ1) is 12.5. The second kappa shape index (κ2) is 7.50. The van der Waals surface area contributed by atoms with Gasteiger partial charge in [0.1, 0.15) is 5.75 Å². The van der Waals surface area contributed by atoms with Crippen LogP contribution in [0.1, 0.15) is 0 Å². The number of ether oxygens (including phenoxy) is 1. The number of rotatable bonds is 7. The molecule has 0 aliphatic heterocycles. The van der Waals surface area contributed by atoms with E-state index < -0.39 is 35.6 Å². The first-order valence-electron chi connectivity index (χ1n) is 7.37. The minimum Gasteiger partial charge on any atom is -0.497 e. The largest absolute Gasteiger partial charge is 0.497 e. The fraction of sp³-hybridized carbons (Fsp3) is 0.200. The molecule has 2 aromatic carbocycles. The second-order valence-corrected chi connectivity index (χ2v) is 9.31. The van der Waals surface area contributed by atoms with Gasteiger partial charge in [0.25, 0.3) is 15.7 Å². The molecule has 1 N–H and O–H groups in total. The smallest absolute Gasteiger partial charge is 0.293 e. The highest BCUT2D eigenvalue weighted by atomic mass is 32.2. The van der Waals surface area contributed by atoms with Crippen LogP contribution >= 0.6 is 0 Å². The van der Waals surface area contributed by atoms with Crippen LogP contribution in [0.25, 0.3) is 0 Å². The molecule has 0 aliphatic carbocycles. The summed E-state index contributed by atoms with van der Waals surface area (Å²) in [5.41, 5.74) is -0.720. The highest BCUT2D eigenvalue weighted by molar-refractivity contribution is 7.93. The normalized spacial score (nSPS) is 12.0. The summed E-state index contributed by atoms with van der Waals surface area (Å²) in [6.45, 7) is 0. The Kier molecular flexibility index (Phi) is 5.73. The third-order valence-electron chi connectivity index (χ3n) is 3.52. The van der Waals surface area contributed by atoms with Gasteiger partial charge in [0.05, 0.1) is 28.7 Å². The molecule has 0 unspecified atom stereocenters. The molecule has 0 saturated heterocycles. The Labute approximate surface area is 156 Å². The van der Waals surface area contributed by atoms with Crippen LogP contribution in [0.3, 0.4) is 0 Å². The zero-order valence-corrected chi connectivity index (χ0v) is 16.2. The Morgan fingerprint density at radius 3 is 2.30 bits per heavy atom. The number of anilines is 1. The molecule has 0 bridgehead atoms. The van der Waals surface area contributed by atoms with Gasteiger partial charge in [0.15, 0.2) is 4.90 Å². The van der Waals surface area contributed by atoms with E-state index in [9.17, 15) is 26.9 Å². The van der Waals surface area contributed by atoms with Crippen LogP contribution in [0.5, 0.6) is 5.75 Å². The van der Waals surface area contributed by atoms with Gasteiger partial charge in [0.2, 0.25) is 10.0 Å². The van der Waals surface area contributed by atoms with Gasteiger partial charge in [-0.3, -0.25) is 14.8 Å². The van der Waals surface area contributed by atoms with Gasteiger partial charge in [-0.05, 0) is 30.3 Å². The standard InChI is InChI=1S/C15H17N3O7S2/c1-17(2)27(23,24)13-6-4-5-11(9-13)16-26(21,22)15-8-7-12(25-3)10-14(15)18(19)20/h4-10,16H,1-3H3. The molecular formula is C15H17N3O7S2. The van der Waals surface area contributed by atoms with E-state index in [4.69, 9.17) is 4.74 Å². The van der Waals surface area contributed by atoms with E-state index in [1.807, 2.05) is 0 Å². The fourth-order valence-corrected chi connectivity index (χ4v) is 4.29. The zero-order chi connectivity index (χ0) is 20.4. The van der Waals surface area contributed by atoms with Crippen molar-refractivity contribution in [1.82, 2.24) is 4.31 Å². The van der Waals surface area contributed by atoms with Gasteiger partial charge >= 0.3 is 0 Å². The lowest BCUT2D eigenvalue weighted by molar-refractivity contribution is -0.387. The van der Waals surface area contributed by atoms with E-state index in [-0.39, 0.29) is 16.3 Å². The monoisotopic (exact) mass is 415 g/mol. The zero-order valence-electron chi connectivity index (χ0n) is 14.6. The number of sulfonamides is 2. The maximum absolute atomic E-state index is 12.6. The van der Waals surface area contributed by atoms with Crippen LogP contribution in [0.4, 0.5) is 11.4 Å². The number of methoxy groups -OCH3 is 1. The van der Waals surface area contributed by atoms with Gasteiger partial charge < -0.3 is 4.74 Å². The topological polar surface area (TPSA) is 136 Å². The summed E-state index contributed by atoms with van der Waals surface area (Å²) < 4.78 is 57.6. The molecule has 0 atom stereocenters. The van der Waals surface area contributed by atoms with E-state index >= 15 is 0 Å². The summed E-state index contributed by atoms with van der Waals surface area (Å²) in [6, 6.07) is 8.43. The Morgan fingerprint density at radius 2 is 1.74 bits per heavy atom. The Balaban J connectivity index is 2.48. The van der Waals surface area contributed by atoms with Crippen molar-refractivity contribution in [2.45, 2.75) is 9.79 Å². The predicted molar refractivity (Wildman–Crippen MR) is 97.8 cm³/mol. The van der Waals surface area contributed by atoms with Crippen LogP contribution in [0, 0.1) is 10.1 Å². The Bertz CT molecular complexity index is 1080. The van der Waals surface area contributed by atoms with E-state index in [0.717, 1.165) is 22.5 Å². The molecular weight excluding hydrogens is 398 g/mol. The third-order valence-corrected chi connectivity index (χ3v) is 6.76. The average Bonchev–Trinajstić information content (AvgIpc) is 2.60. The van der Waals surface area contributed by atoms with E-state index in [2.05, 4.69) is 4.72 Å². The fourth-order valence-electron chi connectivity index (χ4n) is 2.14. The molecule has 0 heterocycles. The minimum absolute atomic E-state index is 0.0527. The molecule has 0 aliphatic rings. The second-order valence-electron chi connectivity index (χ2n) is 5.51. The van der Waals surface area contributed by atoms with Crippen molar-refractivity contribution >= 4 is 31.4 Å². The molecule has 12 heteroatoms. The summed E-state index contributed by atoms with van der Waals surface area (Å²) in [6.07, 6.45) is 0. The number of hydrogen-bond acceptors (Lipinski definition) is 7. The number of nitrogens with zero attached hydrogens (tertiary/aromatic N) is 2. The van der Waals surface area contributed by atoms with Gasteiger partial charge in [-0.25, -0.2) is 21.1 Å². The minimum atomic E-state index is -4.35. The lowest BCUT2D eigenvalue weighted by Gasteiger charge is -2.13. The first kappa shape index (κ1) is 20.6. The van der Waals surface area contributed by atoms with Crippen LogP contribution in [-0.2, 0) is 20.0 Å². The maximum atomic E-state index is 12.6. The van der Waals surface area contributed by atoms with Crippen LogP contribution in [0.15, 0.2) is 52.3 Å². The highest BCUT2D eigenvalue weighted by Crippen LogP contribution is 2.30. The molecule has 2 aromatic rings. The van der Waals surface area contributed by atoms with Crippen molar-refractivity contribution in [3.8, 4) is 5.75 Å². The molecule has 0 radical (unpaired) electrons. The van der Waals surface area contributed by atoms with Crippen LogP contribution in [-0.4, -0.2) is 47.3 Å². The molecule has 2 rings (SSSR count). The van der Waals surface area contributed by atoms with Crippen molar-refractivity contribution < 1.29 is 26.5 Å². The highest BCUT2D eigenvalue weighted by Gasteiger charge is 2.27. The quantitative estimate of drug-likeness (QED) is 0.536. The molecule has 0 spiro atoms. The van der Waals surface area contributed by atoms with Crippen molar-refractivity contribution in [2.75, 3.05) is 25.9 Å². The molecule has 27 heavy (non-hydrogen) atoms. The van der Waals surface area contributed by atoms with Crippen LogP contribution < -0.4 is 9.46 Å². The number of nitro groups is 1. The summed E-state index contributed by atoms with van der Waals surface area (Å²) in [4.78, 5) is 9.68. The predicted octanol–water partition coefficient (Wildman–Crippen LogP) is 1.65. The lowest BCUT2D eigenvalue weighted by atomic mass is 10.3. The van der Waals surface area contributed by atoms with Crippen molar-refractivity contribution in [3.63, 3.8) is 0 Å². The number of benzene rings is 2. The van der Waals surface area contributed by atoms with Crippen molar-refractivity contribution in [1.29, 1.82) is 0 Å². The SMILES string of the molecule is COc1ccc(S(=O)(=O)Nc2cccc(S(=O)(=O)N(C)C)c2)c([N+](=O)[O-])c1. The number of nitro benzene ring substituents is 1.